The van der Waals surface area contributed by atoms with Crippen LogP contribution in [0.4, 0.5) is 0 Å². The number of likely N-dealkylation sites (tertiary alicyclic amines) is 1. The van der Waals surface area contributed by atoms with Crippen molar-refractivity contribution in [2.24, 2.45) is 16.7 Å². The third-order valence-corrected chi connectivity index (χ3v) is 9.97. The fourth-order valence-corrected chi connectivity index (χ4v) is 6.78. The van der Waals surface area contributed by atoms with Gasteiger partial charge in [0, 0.05) is 48.6 Å². The highest BCUT2D eigenvalue weighted by molar-refractivity contribution is 8.22. The van der Waals surface area contributed by atoms with E-state index in [0.717, 1.165) is 41.0 Å². The zero-order chi connectivity index (χ0) is 23.1. The Bertz CT molecular complexity index is 872. The van der Waals surface area contributed by atoms with Crippen LogP contribution in [0.15, 0.2) is 5.38 Å². The summed E-state index contributed by atoms with van der Waals surface area (Å²) in [4.78, 5) is 32.1. The molecular weight excluding hydrogens is 460 g/mol. The van der Waals surface area contributed by atoms with E-state index in [-0.39, 0.29) is 22.7 Å². The number of thiazole rings is 1. The van der Waals surface area contributed by atoms with E-state index in [2.05, 4.69) is 43.3 Å². The lowest BCUT2D eigenvalue weighted by Gasteiger charge is -2.31. The van der Waals surface area contributed by atoms with E-state index in [0.29, 0.717) is 30.1 Å². The topological polar surface area (TPSA) is 74.3 Å². The first-order valence-corrected chi connectivity index (χ1v) is 13.8. The summed E-state index contributed by atoms with van der Waals surface area (Å²) in [6.45, 7) is 10.9. The van der Waals surface area contributed by atoms with Gasteiger partial charge in [0.15, 0.2) is 0 Å². The largest absolute Gasteiger partial charge is 0.368 e. The number of aromatic nitrogens is 1. The normalized spacial score (nSPS) is 22.4. The molecule has 1 aromatic heterocycles. The highest BCUT2D eigenvalue weighted by Crippen LogP contribution is 2.68. The third-order valence-electron chi connectivity index (χ3n) is 7.70. The Hall–Kier alpha value is -1.19. The summed E-state index contributed by atoms with van der Waals surface area (Å²) in [5.74, 6) is 1.39. The van der Waals surface area contributed by atoms with E-state index in [1.165, 1.54) is 12.8 Å². The second kappa shape index (κ2) is 9.22. The van der Waals surface area contributed by atoms with Crippen LogP contribution in [-0.4, -0.2) is 57.4 Å². The molecule has 6 nitrogen and oxygen atoms in total. The standard InChI is InChI=1S/C23H34N4O2S3/c1-22(2)17(23(22,3)4)20(29)27-10-7-14(8-11-27)19-26-16(13-32-19)18(28)24-9-12-31-21(30)25-15-5-6-15/h13-15,17H,5-12H2,1-4H3,(H,24,28)(H,25,30). The van der Waals surface area contributed by atoms with Crippen LogP contribution in [0.1, 0.15) is 74.8 Å². The van der Waals surface area contributed by atoms with Gasteiger partial charge in [0.2, 0.25) is 5.91 Å². The first-order valence-electron chi connectivity index (χ1n) is 11.6. The van der Waals surface area contributed by atoms with Gasteiger partial charge in [-0.2, -0.15) is 0 Å². The average molecular weight is 495 g/mol. The molecule has 2 heterocycles. The van der Waals surface area contributed by atoms with Gasteiger partial charge in [-0.25, -0.2) is 4.98 Å². The molecule has 0 atom stereocenters. The van der Waals surface area contributed by atoms with Crippen LogP contribution in [-0.2, 0) is 4.79 Å². The summed E-state index contributed by atoms with van der Waals surface area (Å²) in [6.07, 6.45) is 4.23. The Labute approximate surface area is 204 Å². The van der Waals surface area contributed by atoms with Gasteiger partial charge < -0.3 is 15.5 Å². The number of thiocarbonyl (C=S) groups is 1. The van der Waals surface area contributed by atoms with Crippen LogP contribution in [0.3, 0.4) is 0 Å². The molecule has 176 valence electrons. The minimum Gasteiger partial charge on any atom is -0.368 e. The summed E-state index contributed by atoms with van der Waals surface area (Å²) in [6, 6.07) is 0.565. The van der Waals surface area contributed by atoms with Gasteiger partial charge in [0.05, 0.1) is 5.01 Å². The smallest absolute Gasteiger partial charge is 0.270 e. The van der Waals surface area contributed by atoms with Gasteiger partial charge in [0.25, 0.3) is 5.91 Å². The van der Waals surface area contributed by atoms with E-state index in [9.17, 15) is 9.59 Å². The Morgan fingerprint density at radius 1 is 1.19 bits per heavy atom. The summed E-state index contributed by atoms with van der Waals surface area (Å²) < 4.78 is 0.816. The van der Waals surface area contributed by atoms with Gasteiger partial charge in [-0.3, -0.25) is 9.59 Å². The zero-order valence-electron chi connectivity index (χ0n) is 19.4. The molecule has 2 N–H and O–H groups in total. The van der Waals surface area contributed by atoms with E-state index < -0.39 is 0 Å². The highest BCUT2D eigenvalue weighted by atomic mass is 32.2. The van der Waals surface area contributed by atoms with Gasteiger partial charge in [-0.1, -0.05) is 51.7 Å². The Kier molecular flexibility index (Phi) is 6.90. The Balaban J connectivity index is 1.20. The van der Waals surface area contributed by atoms with E-state index in [1.807, 2.05) is 10.3 Å². The fraction of sp³-hybridized carbons (Fsp3) is 0.739. The van der Waals surface area contributed by atoms with Gasteiger partial charge in [0.1, 0.15) is 10.0 Å². The molecule has 0 spiro atoms. The number of thioether (sulfide) groups is 1. The SMILES string of the molecule is CC1(C)C(C(=O)N2CCC(c3nc(C(=O)NCCSC(=S)NC4CC4)cs3)CC2)C1(C)C. The van der Waals surface area contributed by atoms with Crippen molar-refractivity contribution in [1.82, 2.24) is 20.5 Å². The monoisotopic (exact) mass is 494 g/mol. The molecule has 0 aromatic carbocycles. The van der Waals surface area contributed by atoms with E-state index in [4.69, 9.17) is 12.2 Å². The molecule has 0 bridgehead atoms. The van der Waals surface area contributed by atoms with Crippen molar-refractivity contribution < 1.29 is 9.59 Å². The number of hydrogen-bond donors (Lipinski definition) is 2. The molecule has 4 rings (SSSR count). The number of carbonyl (C=O) groups excluding carboxylic acids is 2. The molecule has 0 unspecified atom stereocenters. The van der Waals surface area contributed by atoms with E-state index in [1.54, 1.807) is 23.1 Å². The minimum absolute atomic E-state index is 0.0790. The van der Waals surface area contributed by atoms with Crippen LogP contribution in [0.2, 0.25) is 0 Å². The number of amides is 2. The van der Waals surface area contributed by atoms with Gasteiger partial charge in [-0.15, -0.1) is 11.3 Å². The summed E-state index contributed by atoms with van der Waals surface area (Å²) in [5.41, 5.74) is 0.652. The lowest BCUT2D eigenvalue weighted by Crippen LogP contribution is -2.40. The number of hydrogen-bond acceptors (Lipinski definition) is 6. The number of nitrogens with one attached hydrogen (secondary N) is 2. The number of piperidine rings is 1. The molecule has 1 aliphatic heterocycles. The predicted molar refractivity (Wildman–Crippen MR) is 135 cm³/mol. The molecule has 2 saturated carbocycles. The molecule has 32 heavy (non-hydrogen) atoms. The van der Waals surface area contributed by atoms with Crippen LogP contribution in [0, 0.1) is 16.7 Å². The van der Waals surface area contributed by atoms with Crippen molar-refractivity contribution >= 4 is 51.5 Å². The molecule has 9 heteroatoms. The molecule has 2 aliphatic carbocycles. The first kappa shape index (κ1) is 24.0. The van der Waals surface area contributed by atoms with Crippen molar-refractivity contribution in [3.05, 3.63) is 16.1 Å². The van der Waals surface area contributed by atoms with Crippen molar-refractivity contribution in [2.75, 3.05) is 25.4 Å². The van der Waals surface area contributed by atoms with Crippen LogP contribution in [0.5, 0.6) is 0 Å². The quantitative estimate of drug-likeness (QED) is 0.440. The van der Waals surface area contributed by atoms with Crippen molar-refractivity contribution in [3.8, 4) is 0 Å². The summed E-state index contributed by atoms with van der Waals surface area (Å²) in [5, 5.41) is 9.09. The zero-order valence-corrected chi connectivity index (χ0v) is 21.9. The Morgan fingerprint density at radius 2 is 1.84 bits per heavy atom. The lowest BCUT2D eigenvalue weighted by atomic mass is 9.96. The molecule has 3 fully saturated rings. The maximum absolute atomic E-state index is 13.0. The molecule has 2 amide bonds. The van der Waals surface area contributed by atoms with Crippen LogP contribution in [0.25, 0.3) is 0 Å². The molecule has 1 aromatic rings. The molecule has 0 radical (unpaired) electrons. The molecule has 3 aliphatic rings. The van der Waals surface area contributed by atoms with Crippen molar-refractivity contribution in [2.45, 2.75) is 65.3 Å². The van der Waals surface area contributed by atoms with Crippen LogP contribution < -0.4 is 10.6 Å². The maximum atomic E-state index is 13.0. The van der Waals surface area contributed by atoms with Crippen molar-refractivity contribution in [3.63, 3.8) is 0 Å². The molecule has 1 saturated heterocycles. The summed E-state index contributed by atoms with van der Waals surface area (Å²) >= 11 is 8.42. The average Bonchev–Trinajstić information content (AvgIpc) is 3.53. The summed E-state index contributed by atoms with van der Waals surface area (Å²) in [7, 11) is 0. The second-order valence-electron chi connectivity index (χ2n) is 10.4. The minimum atomic E-state index is -0.125. The Morgan fingerprint density at radius 3 is 2.44 bits per heavy atom. The fourth-order valence-electron chi connectivity index (χ4n) is 4.76. The van der Waals surface area contributed by atoms with Gasteiger partial charge >= 0.3 is 0 Å². The number of nitrogens with zero attached hydrogens (tertiary/aromatic N) is 2. The third kappa shape index (κ3) is 4.99. The number of rotatable bonds is 7. The number of carbonyl (C=O) groups is 2. The maximum Gasteiger partial charge on any atom is 0.270 e. The highest BCUT2D eigenvalue weighted by Gasteiger charge is 2.68. The van der Waals surface area contributed by atoms with E-state index >= 15 is 0 Å². The van der Waals surface area contributed by atoms with Gasteiger partial charge in [-0.05, 0) is 36.5 Å². The van der Waals surface area contributed by atoms with Crippen molar-refractivity contribution in [1.29, 1.82) is 0 Å². The predicted octanol–water partition coefficient (Wildman–Crippen LogP) is 4.03. The second-order valence-corrected chi connectivity index (χ2v) is 13.0. The first-order chi connectivity index (χ1) is 15.1. The lowest BCUT2D eigenvalue weighted by molar-refractivity contribution is -0.134. The van der Waals surface area contributed by atoms with Crippen LogP contribution >= 0.6 is 35.3 Å². The molecular formula is C23H34N4O2S3.